The minimum absolute atomic E-state index is 0.0458. The molecule has 42 heavy (non-hydrogen) atoms. The van der Waals surface area contributed by atoms with Crippen molar-refractivity contribution < 1.29 is 13.2 Å². The van der Waals surface area contributed by atoms with Gasteiger partial charge in [0.25, 0.3) is 0 Å². The predicted molar refractivity (Wildman–Crippen MR) is 165 cm³/mol. The van der Waals surface area contributed by atoms with Gasteiger partial charge in [0, 0.05) is 57.1 Å². The number of benzene rings is 2. The van der Waals surface area contributed by atoms with Crippen LogP contribution in [0.5, 0.6) is 5.75 Å². The highest BCUT2D eigenvalue weighted by Gasteiger charge is 2.27. The summed E-state index contributed by atoms with van der Waals surface area (Å²) in [4.78, 5) is 30.8. The number of H-pyrrole nitrogens is 1. The molecule has 1 aromatic heterocycles. The number of piperidine rings is 1. The molecule has 2 aliphatic rings. The molecule has 0 unspecified atom stereocenters. The molecule has 226 valence electrons. The van der Waals surface area contributed by atoms with Crippen LogP contribution in [0.15, 0.2) is 52.2 Å². The number of piperazine rings is 1. The normalized spacial score (nSPS) is 17.4. The summed E-state index contributed by atoms with van der Waals surface area (Å²) in [6, 6.07) is 13.0. The Balaban J connectivity index is 1.29. The number of ether oxygens (including phenoxy) is 1. The Kier molecular flexibility index (Phi) is 8.99. The lowest BCUT2D eigenvalue weighted by Gasteiger charge is -2.42. The van der Waals surface area contributed by atoms with Gasteiger partial charge in [0.05, 0.1) is 28.6 Å². The minimum Gasteiger partial charge on any atom is -0.494 e. The van der Waals surface area contributed by atoms with E-state index in [-0.39, 0.29) is 16.8 Å². The van der Waals surface area contributed by atoms with E-state index in [0.717, 1.165) is 57.8 Å². The zero-order valence-corrected chi connectivity index (χ0v) is 25.4. The van der Waals surface area contributed by atoms with Crippen LogP contribution >= 0.6 is 0 Å². The van der Waals surface area contributed by atoms with Gasteiger partial charge in [-0.3, -0.25) is 9.88 Å². The number of nitrogens with zero attached hydrogens (tertiary/aromatic N) is 5. The smallest absolute Gasteiger partial charge is 0.351 e. The fourth-order valence-electron chi connectivity index (χ4n) is 5.48. The van der Waals surface area contributed by atoms with E-state index < -0.39 is 20.8 Å². The van der Waals surface area contributed by atoms with E-state index in [4.69, 9.17) is 4.74 Å². The molecule has 2 aromatic carbocycles. The van der Waals surface area contributed by atoms with Crippen molar-refractivity contribution >= 4 is 38.8 Å². The lowest BCUT2D eigenvalue weighted by Crippen LogP contribution is -2.52. The Morgan fingerprint density at radius 3 is 2.36 bits per heavy atom. The summed E-state index contributed by atoms with van der Waals surface area (Å²) in [6.07, 6.45) is 2.26. The molecule has 0 aliphatic carbocycles. The van der Waals surface area contributed by atoms with Gasteiger partial charge in [0.15, 0.2) is 9.84 Å². The van der Waals surface area contributed by atoms with Gasteiger partial charge in [-0.15, -0.1) is 0 Å². The van der Waals surface area contributed by atoms with Crippen LogP contribution in [0.3, 0.4) is 0 Å². The number of methoxy groups -OCH3 is 1. The number of anilines is 5. The highest BCUT2D eigenvalue weighted by molar-refractivity contribution is 7.92. The molecule has 13 heteroatoms. The number of hydrogen-bond donors (Lipinski definition) is 3. The van der Waals surface area contributed by atoms with E-state index in [1.165, 1.54) is 6.07 Å². The number of sulfone groups is 1. The highest BCUT2D eigenvalue weighted by atomic mass is 32.2. The van der Waals surface area contributed by atoms with Gasteiger partial charge in [-0.1, -0.05) is 12.1 Å². The molecule has 2 fully saturated rings. The van der Waals surface area contributed by atoms with Crippen molar-refractivity contribution in [1.29, 1.82) is 0 Å². The Hall–Kier alpha value is -3.68. The Morgan fingerprint density at radius 2 is 1.67 bits per heavy atom. The quantitative estimate of drug-likeness (QED) is 0.336. The number of aromatic nitrogens is 3. The first-order chi connectivity index (χ1) is 20.1. The van der Waals surface area contributed by atoms with Crippen LogP contribution in [0.25, 0.3) is 0 Å². The molecule has 0 spiro atoms. The second-order valence-electron chi connectivity index (χ2n) is 11.1. The molecule has 3 aromatic rings. The summed E-state index contributed by atoms with van der Waals surface area (Å²) in [5, 5.41) is 5.41. The fourth-order valence-corrected chi connectivity index (χ4v) is 6.68. The van der Waals surface area contributed by atoms with Crippen molar-refractivity contribution in [3.8, 4) is 5.75 Å². The predicted octanol–water partition coefficient (Wildman–Crippen LogP) is 3.06. The van der Waals surface area contributed by atoms with E-state index in [2.05, 4.69) is 47.3 Å². The van der Waals surface area contributed by atoms with Gasteiger partial charge < -0.3 is 25.2 Å². The van der Waals surface area contributed by atoms with E-state index in [0.29, 0.717) is 23.2 Å². The molecule has 12 nitrogen and oxygen atoms in total. The largest absolute Gasteiger partial charge is 0.494 e. The molecule has 0 radical (unpaired) electrons. The lowest BCUT2D eigenvalue weighted by atomic mass is 10.0. The van der Waals surface area contributed by atoms with Crippen molar-refractivity contribution in [2.75, 3.05) is 69.0 Å². The highest BCUT2D eigenvalue weighted by Crippen LogP contribution is 2.33. The van der Waals surface area contributed by atoms with Crippen LogP contribution < -0.4 is 26.0 Å². The molecule has 3 N–H and O–H groups in total. The standard InChI is InChI=1S/C29H40N8O4S/c1-20(2)42(39,40)26-8-6-5-7-24(26)31-28-32-27(33-29(38)34-28)30-23-10-9-22(19-25(23)41-4)36-13-11-21(12-14-36)37-17-15-35(3)16-18-37/h5-10,19-21H,11-18H2,1-4H3,(H3,30,31,32,33,34,38). The van der Waals surface area contributed by atoms with E-state index in [1.54, 1.807) is 39.2 Å². The Morgan fingerprint density at radius 1 is 0.952 bits per heavy atom. The zero-order chi connectivity index (χ0) is 29.9. The molecule has 0 atom stereocenters. The maximum Gasteiger partial charge on any atom is 0.351 e. The van der Waals surface area contributed by atoms with Crippen molar-refractivity contribution in [3.05, 3.63) is 52.9 Å². The molecule has 0 saturated carbocycles. The van der Waals surface area contributed by atoms with E-state index in [1.807, 2.05) is 18.2 Å². The fraction of sp³-hybridized carbons (Fsp3) is 0.483. The number of nitrogens with one attached hydrogen (secondary N) is 3. The zero-order valence-electron chi connectivity index (χ0n) is 24.6. The molecule has 5 rings (SSSR count). The van der Waals surface area contributed by atoms with Crippen LogP contribution in [0.2, 0.25) is 0 Å². The van der Waals surface area contributed by atoms with Gasteiger partial charge in [0.2, 0.25) is 11.9 Å². The van der Waals surface area contributed by atoms with Gasteiger partial charge >= 0.3 is 5.69 Å². The number of likely N-dealkylation sites (N-methyl/N-ethyl adjacent to an activating group) is 1. The van der Waals surface area contributed by atoms with Crippen molar-refractivity contribution in [3.63, 3.8) is 0 Å². The topological polar surface area (TPSA) is 136 Å². The number of rotatable bonds is 9. The van der Waals surface area contributed by atoms with Crippen LogP contribution in [0.1, 0.15) is 26.7 Å². The summed E-state index contributed by atoms with van der Waals surface area (Å²) >= 11 is 0. The number of hydrogen-bond acceptors (Lipinski definition) is 11. The van der Waals surface area contributed by atoms with Gasteiger partial charge in [-0.05, 0) is 58.0 Å². The second kappa shape index (κ2) is 12.7. The third-order valence-corrected chi connectivity index (χ3v) is 10.2. The Labute approximate surface area is 247 Å². The third-order valence-electron chi connectivity index (χ3n) is 8.03. The van der Waals surface area contributed by atoms with Crippen LogP contribution in [-0.4, -0.2) is 97.9 Å². The molecular weight excluding hydrogens is 556 g/mol. The first-order valence-corrected chi connectivity index (χ1v) is 15.9. The second-order valence-corrected chi connectivity index (χ2v) is 13.6. The van der Waals surface area contributed by atoms with Crippen LogP contribution in [0, 0.1) is 0 Å². The molecule has 3 heterocycles. The average Bonchev–Trinajstić information content (AvgIpc) is 2.98. The molecule has 0 amide bonds. The van der Waals surface area contributed by atoms with Gasteiger partial charge in [-0.25, -0.2) is 13.2 Å². The first kappa shape index (κ1) is 29.8. The van der Waals surface area contributed by atoms with Crippen LogP contribution in [-0.2, 0) is 9.84 Å². The van der Waals surface area contributed by atoms with Gasteiger partial charge in [-0.2, -0.15) is 9.97 Å². The summed E-state index contributed by atoms with van der Waals surface area (Å²) in [5.41, 5.74) is 1.35. The summed E-state index contributed by atoms with van der Waals surface area (Å²) in [6.45, 7) is 9.74. The van der Waals surface area contributed by atoms with Crippen LogP contribution in [0.4, 0.5) is 29.0 Å². The lowest BCUT2D eigenvalue weighted by molar-refractivity contribution is 0.0982. The third kappa shape index (κ3) is 6.69. The SMILES string of the molecule is COc1cc(N2CCC(N3CCN(C)CC3)CC2)ccc1Nc1nc(Nc2ccccc2S(=O)(=O)C(C)C)[nH]c(=O)n1. The molecular formula is C29H40N8O4S. The summed E-state index contributed by atoms with van der Waals surface area (Å²) in [5.74, 6) is 0.702. The Bertz CT molecular complexity index is 1550. The first-order valence-electron chi connectivity index (χ1n) is 14.3. The van der Waals surface area contributed by atoms with Gasteiger partial charge in [0.1, 0.15) is 5.75 Å². The maximum atomic E-state index is 12.9. The molecule has 0 bridgehead atoms. The van der Waals surface area contributed by atoms with E-state index >= 15 is 0 Å². The number of aromatic amines is 1. The number of para-hydroxylation sites is 1. The summed E-state index contributed by atoms with van der Waals surface area (Å²) in [7, 11) is 0.217. The van der Waals surface area contributed by atoms with Crippen molar-refractivity contribution in [1.82, 2.24) is 24.8 Å². The van der Waals surface area contributed by atoms with E-state index in [9.17, 15) is 13.2 Å². The van der Waals surface area contributed by atoms with Crippen molar-refractivity contribution in [2.24, 2.45) is 0 Å². The average molecular weight is 597 g/mol. The molecule has 2 saturated heterocycles. The monoisotopic (exact) mass is 596 g/mol. The van der Waals surface area contributed by atoms with Crippen molar-refractivity contribution in [2.45, 2.75) is 42.9 Å². The minimum atomic E-state index is -3.57. The maximum absolute atomic E-state index is 12.9. The molecule has 2 aliphatic heterocycles. The summed E-state index contributed by atoms with van der Waals surface area (Å²) < 4.78 is 31.4.